The maximum atomic E-state index is 4.95. The van der Waals surface area contributed by atoms with Crippen molar-refractivity contribution in [2.75, 3.05) is 0 Å². The van der Waals surface area contributed by atoms with Gasteiger partial charge in [-0.15, -0.1) is 0 Å². The summed E-state index contributed by atoms with van der Waals surface area (Å²) in [7, 11) is 9.90. The Kier molecular flexibility index (Phi) is 20.2. The van der Waals surface area contributed by atoms with E-state index in [-0.39, 0.29) is 17.6 Å². The second kappa shape index (κ2) is 8.82. The summed E-state index contributed by atoms with van der Waals surface area (Å²) in [4.78, 5) is 0. The summed E-state index contributed by atoms with van der Waals surface area (Å²) in [5.41, 5.74) is 0. The molecule has 0 fully saturated rings. The first kappa shape index (κ1) is 9.18. The quantitative estimate of drug-likeness (QED) is 0.473. The summed E-state index contributed by atoms with van der Waals surface area (Å²) in [6.45, 7) is 0. The summed E-state index contributed by atoms with van der Waals surface area (Å²) in [6, 6.07) is 0. The van der Waals surface area contributed by atoms with Crippen LogP contribution in [0.25, 0.3) is 0 Å². The van der Waals surface area contributed by atoms with Crippen molar-refractivity contribution in [1.29, 1.82) is 0 Å². The van der Waals surface area contributed by atoms with Gasteiger partial charge in [0.05, 0.1) is 0 Å². The van der Waals surface area contributed by atoms with Crippen LogP contribution in [0.15, 0.2) is 0 Å². The van der Waals surface area contributed by atoms with Gasteiger partial charge in [-0.25, -0.2) is 0 Å². The molecular formula is H5Cl2Ge2. The van der Waals surface area contributed by atoms with Crippen LogP contribution in [0.2, 0.25) is 0 Å². The molecular weight excluding hydrogens is 216 g/mol. The zero-order valence-corrected chi connectivity index (χ0v) is 11.1. The van der Waals surface area contributed by atoms with E-state index < -0.39 is 13.6 Å². The molecule has 0 unspecified atom stereocenters. The van der Waals surface area contributed by atoms with Gasteiger partial charge in [0.15, 0.2) is 0 Å². The molecule has 0 saturated carbocycles. The first-order chi connectivity index (χ1) is 1.41. The summed E-state index contributed by atoms with van der Waals surface area (Å²) in [6.07, 6.45) is 0. The molecule has 1 radical (unpaired) electrons. The zero-order chi connectivity index (χ0) is 2.71. The Morgan fingerprint density at radius 1 is 1.25 bits per heavy atom. The van der Waals surface area contributed by atoms with Gasteiger partial charge >= 0.3 is 51.2 Å². The molecule has 27 valence electrons. The second-order valence-electron chi connectivity index (χ2n) is 0.101. The second-order valence-corrected chi connectivity index (χ2v) is 4.72. The fraction of sp³-hybridized carbons (Fsp3) is 0. The Labute approximate surface area is 51.1 Å². The van der Waals surface area contributed by atoms with E-state index in [4.69, 9.17) is 20.0 Å². The molecule has 0 bridgehead atoms. The van der Waals surface area contributed by atoms with Crippen molar-refractivity contribution >= 4 is 51.2 Å². The first-order valence-corrected chi connectivity index (χ1v) is 8.33. The molecule has 0 aliphatic carbocycles. The molecule has 0 aliphatic rings. The van der Waals surface area contributed by atoms with Crippen molar-refractivity contribution in [2.24, 2.45) is 0 Å². The molecule has 0 amide bonds. The van der Waals surface area contributed by atoms with Crippen molar-refractivity contribution in [3.05, 3.63) is 0 Å². The molecule has 0 aromatic carbocycles. The van der Waals surface area contributed by atoms with E-state index in [2.05, 4.69) is 0 Å². The molecule has 0 N–H and O–H groups in total. The average molecular weight is 221 g/mol. The van der Waals surface area contributed by atoms with Gasteiger partial charge in [0.2, 0.25) is 0 Å². The van der Waals surface area contributed by atoms with E-state index >= 15 is 0 Å². The molecule has 0 spiro atoms. The summed E-state index contributed by atoms with van der Waals surface area (Å²) >= 11 is -0.931. The van der Waals surface area contributed by atoms with Gasteiger partial charge in [-0.2, -0.15) is 0 Å². The van der Waals surface area contributed by atoms with Crippen LogP contribution in [0.1, 0.15) is 0 Å². The number of rotatable bonds is 0. The van der Waals surface area contributed by atoms with Crippen LogP contribution in [0.5, 0.6) is 0 Å². The maximum absolute atomic E-state index is 4.95. The van der Waals surface area contributed by atoms with E-state index in [1.165, 1.54) is 0 Å². The summed E-state index contributed by atoms with van der Waals surface area (Å²) in [5.74, 6) is 0. The van der Waals surface area contributed by atoms with Gasteiger partial charge in [-0.1, -0.05) is 0 Å². The zero-order valence-electron chi connectivity index (χ0n) is 2.46. The number of halogens is 2. The monoisotopic (exact) mass is 223 g/mol. The van der Waals surface area contributed by atoms with Crippen molar-refractivity contribution in [3.8, 4) is 0 Å². The van der Waals surface area contributed by atoms with Crippen LogP contribution < -0.4 is 0 Å². The van der Waals surface area contributed by atoms with E-state index in [0.717, 1.165) is 0 Å². The molecule has 0 aromatic heterocycles. The topological polar surface area (TPSA) is 0 Å². The fourth-order valence-corrected chi connectivity index (χ4v) is 0. The van der Waals surface area contributed by atoms with Crippen molar-refractivity contribution in [2.45, 2.75) is 0 Å². The summed E-state index contributed by atoms with van der Waals surface area (Å²) < 4.78 is 0. The minimum atomic E-state index is -0.931. The fourth-order valence-electron chi connectivity index (χ4n) is 0. The Hall–Kier alpha value is 1.67. The number of hydrogen-bond acceptors (Lipinski definition) is 0. The molecule has 0 saturated heterocycles. The molecule has 4 heteroatoms. The molecule has 0 nitrogen and oxygen atoms in total. The Morgan fingerprint density at radius 2 is 1.25 bits per heavy atom. The van der Waals surface area contributed by atoms with Crippen LogP contribution in [-0.4, -0.2) is 31.2 Å². The van der Waals surface area contributed by atoms with Crippen LogP contribution in [0, 0.1) is 0 Å². The van der Waals surface area contributed by atoms with Crippen molar-refractivity contribution in [3.63, 3.8) is 0 Å². The van der Waals surface area contributed by atoms with Gasteiger partial charge in [-0.3, -0.25) is 0 Å². The number of hydrogen-bond donors (Lipinski definition) is 0. The van der Waals surface area contributed by atoms with Crippen molar-refractivity contribution < 1.29 is 0 Å². The van der Waals surface area contributed by atoms with Gasteiger partial charge in [0.25, 0.3) is 0 Å². The third-order valence-electron chi connectivity index (χ3n) is 0. The normalized spacial score (nSPS) is 4.50. The molecule has 0 aliphatic heterocycles. The SMILES string of the molecule is [Cl][GeH2][Cl].[GeH3]. The van der Waals surface area contributed by atoms with E-state index in [0.29, 0.717) is 0 Å². The van der Waals surface area contributed by atoms with Crippen LogP contribution in [0.3, 0.4) is 0 Å². The van der Waals surface area contributed by atoms with Gasteiger partial charge in [0.1, 0.15) is 0 Å². The Morgan fingerprint density at radius 3 is 1.25 bits per heavy atom. The minimum absolute atomic E-state index is 0. The predicted molar refractivity (Wildman–Crippen MR) is 30.2 cm³/mol. The molecule has 0 rings (SSSR count). The third kappa shape index (κ3) is 9.39. The third-order valence-corrected chi connectivity index (χ3v) is 0. The van der Waals surface area contributed by atoms with Crippen LogP contribution in [-0.2, 0) is 0 Å². The Bertz CT molecular complexity index is 4.00. The summed E-state index contributed by atoms with van der Waals surface area (Å²) in [5, 5.41) is 0. The standard InChI is InChI=1S/Cl2GeH2.GeH3/c1-3-2;/h3H2;1H3. The average Bonchev–Trinajstić information content (AvgIpc) is 0.918. The predicted octanol–water partition coefficient (Wildman–Crippen LogP) is -0.721. The van der Waals surface area contributed by atoms with E-state index in [9.17, 15) is 0 Å². The van der Waals surface area contributed by atoms with Gasteiger partial charge in [-0.05, 0) is 0 Å². The molecule has 0 heterocycles. The van der Waals surface area contributed by atoms with Crippen LogP contribution >= 0.6 is 20.0 Å². The van der Waals surface area contributed by atoms with E-state index in [1.807, 2.05) is 0 Å². The Balaban J connectivity index is 0. The molecule has 4 heavy (non-hydrogen) atoms. The van der Waals surface area contributed by atoms with Gasteiger partial charge in [0, 0.05) is 0 Å². The van der Waals surface area contributed by atoms with Crippen molar-refractivity contribution in [1.82, 2.24) is 0 Å². The van der Waals surface area contributed by atoms with Gasteiger partial charge < -0.3 is 0 Å². The molecule has 0 aromatic rings. The van der Waals surface area contributed by atoms with Crippen LogP contribution in [0.4, 0.5) is 0 Å². The van der Waals surface area contributed by atoms with E-state index in [1.54, 1.807) is 0 Å². The molecule has 0 atom stereocenters. The first-order valence-electron chi connectivity index (χ1n) is 0.535.